The molecule has 4 nitrogen and oxygen atoms in total. The van der Waals surface area contributed by atoms with Crippen molar-refractivity contribution >= 4 is 21.8 Å². The van der Waals surface area contributed by atoms with Gasteiger partial charge in [0.25, 0.3) is 5.91 Å². The zero-order chi connectivity index (χ0) is 21.1. The Morgan fingerprint density at radius 3 is 2.40 bits per heavy atom. The van der Waals surface area contributed by atoms with Gasteiger partial charge in [-0.3, -0.25) is 9.36 Å². The van der Waals surface area contributed by atoms with E-state index >= 15 is 0 Å². The first-order valence-electron chi connectivity index (χ1n) is 9.78. The molecule has 30 heavy (non-hydrogen) atoms. The number of nitrogens with one attached hydrogen (secondary N) is 1. The third kappa shape index (κ3) is 4.21. The van der Waals surface area contributed by atoms with Crippen molar-refractivity contribution in [3.05, 3.63) is 107 Å². The van der Waals surface area contributed by atoms with Gasteiger partial charge in [-0.15, -0.1) is 0 Å². The average molecular weight is 460 g/mol. The van der Waals surface area contributed by atoms with Crippen molar-refractivity contribution in [2.24, 2.45) is 0 Å². The molecule has 1 amide bonds. The molecular formula is C25H22BrN3O. The second-order valence-electron chi connectivity index (χ2n) is 7.26. The second kappa shape index (κ2) is 8.67. The topological polar surface area (TPSA) is 46.9 Å². The van der Waals surface area contributed by atoms with Crippen LogP contribution in [0.4, 0.5) is 0 Å². The lowest BCUT2D eigenvalue weighted by molar-refractivity contribution is 0.0933. The highest BCUT2D eigenvalue weighted by molar-refractivity contribution is 9.10. The first-order chi connectivity index (χ1) is 14.5. The molecule has 0 spiro atoms. The van der Waals surface area contributed by atoms with Crippen molar-refractivity contribution in [2.45, 2.75) is 19.9 Å². The summed E-state index contributed by atoms with van der Waals surface area (Å²) in [6.45, 7) is 4.08. The van der Waals surface area contributed by atoms with Gasteiger partial charge >= 0.3 is 0 Å². The minimum atomic E-state index is -0.161. The summed E-state index contributed by atoms with van der Waals surface area (Å²) >= 11 is 3.44. The smallest absolute Gasteiger partial charge is 0.270 e. The van der Waals surface area contributed by atoms with Crippen molar-refractivity contribution in [1.29, 1.82) is 0 Å². The molecule has 0 aliphatic rings. The van der Waals surface area contributed by atoms with Crippen molar-refractivity contribution in [3.8, 4) is 16.8 Å². The quantitative estimate of drug-likeness (QED) is 0.391. The fourth-order valence-electron chi connectivity index (χ4n) is 3.47. The van der Waals surface area contributed by atoms with Gasteiger partial charge in [0.15, 0.2) is 0 Å². The predicted octanol–water partition coefficient (Wildman–Crippen LogP) is 6.10. The molecule has 3 aromatic carbocycles. The van der Waals surface area contributed by atoms with Crippen LogP contribution in [0, 0.1) is 6.92 Å². The SMILES string of the molecule is Cc1ccccc1-c1ccc(-n2cncc2C(=O)NC(C)c2ccc(Br)cc2)cc1. The molecule has 0 aliphatic carbocycles. The maximum Gasteiger partial charge on any atom is 0.270 e. The van der Waals surface area contributed by atoms with E-state index in [0.717, 1.165) is 21.3 Å². The molecule has 0 radical (unpaired) electrons. The summed E-state index contributed by atoms with van der Waals surface area (Å²) in [7, 11) is 0. The molecule has 1 unspecified atom stereocenters. The Morgan fingerprint density at radius 2 is 1.70 bits per heavy atom. The van der Waals surface area contributed by atoms with Crippen LogP contribution in [0.15, 0.2) is 89.8 Å². The number of aromatic nitrogens is 2. The minimum absolute atomic E-state index is 0.114. The first kappa shape index (κ1) is 20.1. The third-order valence-electron chi connectivity index (χ3n) is 5.19. The van der Waals surface area contributed by atoms with Gasteiger partial charge in [-0.2, -0.15) is 0 Å². The monoisotopic (exact) mass is 459 g/mol. The largest absolute Gasteiger partial charge is 0.344 e. The number of hydrogen-bond donors (Lipinski definition) is 1. The third-order valence-corrected chi connectivity index (χ3v) is 5.72. The van der Waals surface area contributed by atoms with Crippen LogP contribution in [0.2, 0.25) is 0 Å². The van der Waals surface area contributed by atoms with E-state index in [9.17, 15) is 4.79 Å². The number of imidazole rings is 1. The molecule has 1 atom stereocenters. The van der Waals surface area contributed by atoms with Gasteiger partial charge in [-0.1, -0.05) is 64.5 Å². The molecule has 0 saturated heterocycles. The molecule has 0 saturated carbocycles. The number of carbonyl (C=O) groups excluding carboxylic acids is 1. The highest BCUT2D eigenvalue weighted by atomic mass is 79.9. The van der Waals surface area contributed by atoms with Crippen molar-refractivity contribution in [3.63, 3.8) is 0 Å². The summed E-state index contributed by atoms with van der Waals surface area (Å²) in [4.78, 5) is 17.1. The number of carbonyl (C=O) groups is 1. The highest BCUT2D eigenvalue weighted by Crippen LogP contribution is 2.25. The summed E-state index contributed by atoms with van der Waals surface area (Å²) in [6, 6.07) is 24.3. The fourth-order valence-corrected chi connectivity index (χ4v) is 3.74. The highest BCUT2D eigenvalue weighted by Gasteiger charge is 2.16. The van der Waals surface area contributed by atoms with Gasteiger partial charge in [-0.05, 0) is 60.4 Å². The van der Waals surface area contributed by atoms with Gasteiger partial charge < -0.3 is 5.32 Å². The van der Waals surface area contributed by atoms with E-state index in [0.29, 0.717) is 5.69 Å². The van der Waals surface area contributed by atoms with E-state index in [1.165, 1.54) is 11.1 Å². The van der Waals surface area contributed by atoms with E-state index in [2.05, 4.69) is 57.4 Å². The average Bonchev–Trinajstić information content (AvgIpc) is 3.25. The van der Waals surface area contributed by atoms with Gasteiger partial charge in [-0.25, -0.2) is 4.98 Å². The van der Waals surface area contributed by atoms with E-state index < -0.39 is 0 Å². The predicted molar refractivity (Wildman–Crippen MR) is 124 cm³/mol. The van der Waals surface area contributed by atoms with Crippen LogP contribution in [0.1, 0.15) is 34.6 Å². The molecule has 0 bridgehead atoms. The first-order valence-corrected chi connectivity index (χ1v) is 10.6. The summed E-state index contributed by atoms with van der Waals surface area (Å²) < 4.78 is 2.82. The molecule has 4 rings (SSSR count). The van der Waals surface area contributed by atoms with Crippen LogP contribution < -0.4 is 5.32 Å². The van der Waals surface area contributed by atoms with Gasteiger partial charge in [0.1, 0.15) is 5.69 Å². The lowest BCUT2D eigenvalue weighted by Gasteiger charge is -2.15. The Kier molecular flexibility index (Phi) is 5.81. The van der Waals surface area contributed by atoms with Crippen LogP contribution in [-0.4, -0.2) is 15.5 Å². The lowest BCUT2D eigenvalue weighted by atomic mass is 10.0. The lowest BCUT2D eigenvalue weighted by Crippen LogP contribution is -2.28. The van der Waals surface area contributed by atoms with E-state index in [-0.39, 0.29) is 11.9 Å². The van der Waals surface area contributed by atoms with Crippen LogP contribution in [-0.2, 0) is 0 Å². The zero-order valence-corrected chi connectivity index (χ0v) is 18.4. The summed E-state index contributed by atoms with van der Waals surface area (Å²) in [5.41, 5.74) is 6.02. The molecule has 150 valence electrons. The number of nitrogens with zero attached hydrogens (tertiary/aromatic N) is 2. The van der Waals surface area contributed by atoms with Crippen LogP contribution in [0.5, 0.6) is 0 Å². The molecule has 0 aliphatic heterocycles. The molecule has 0 fully saturated rings. The summed E-state index contributed by atoms with van der Waals surface area (Å²) in [5, 5.41) is 3.06. The normalized spacial score (nSPS) is 11.8. The number of amides is 1. The minimum Gasteiger partial charge on any atom is -0.344 e. The fraction of sp³-hybridized carbons (Fsp3) is 0.120. The van der Waals surface area contributed by atoms with E-state index in [1.54, 1.807) is 12.5 Å². The summed E-state index contributed by atoms with van der Waals surface area (Å²) in [6.07, 6.45) is 3.26. The number of rotatable bonds is 5. The summed E-state index contributed by atoms with van der Waals surface area (Å²) in [5.74, 6) is -0.161. The van der Waals surface area contributed by atoms with E-state index in [4.69, 9.17) is 0 Å². The molecule has 1 N–H and O–H groups in total. The maximum atomic E-state index is 12.9. The number of benzene rings is 3. The van der Waals surface area contributed by atoms with Crippen LogP contribution >= 0.6 is 15.9 Å². The Labute approximate surface area is 184 Å². The van der Waals surface area contributed by atoms with Crippen molar-refractivity contribution in [1.82, 2.24) is 14.9 Å². The Bertz CT molecular complexity index is 1160. The van der Waals surface area contributed by atoms with E-state index in [1.807, 2.05) is 60.0 Å². The number of hydrogen-bond acceptors (Lipinski definition) is 2. The van der Waals surface area contributed by atoms with Crippen LogP contribution in [0.25, 0.3) is 16.8 Å². The van der Waals surface area contributed by atoms with Gasteiger partial charge in [0.05, 0.1) is 18.6 Å². The number of halogens is 1. The van der Waals surface area contributed by atoms with Gasteiger partial charge in [0, 0.05) is 10.2 Å². The standard InChI is InChI=1S/C25H22BrN3O/c1-17-5-3-4-6-23(17)20-9-13-22(14-10-20)29-16-27-15-24(29)25(30)28-18(2)19-7-11-21(26)12-8-19/h3-16,18H,1-2H3,(H,28,30). The molecule has 1 heterocycles. The molecule has 5 heteroatoms. The Balaban J connectivity index is 1.55. The molecular weight excluding hydrogens is 438 g/mol. The van der Waals surface area contributed by atoms with Crippen molar-refractivity contribution in [2.75, 3.05) is 0 Å². The van der Waals surface area contributed by atoms with Crippen LogP contribution in [0.3, 0.4) is 0 Å². The molecule has 4 aromatic rings. The zero-order valence-electron chi connectivity index (χ0n) is 16.8. The molecule has 1 aromatic heterocycles. The Morgan fingerprint density at radius 1 is 1.00 bits per heavy atom. The van der Waals surface area contributed by atoms with Gasteiger partial charge in [0.2, 0.25) is 0 Å². The maximum absolute atomic E-state index is 12.9. The second-order valence-corrected chi connectivity index (χ2v) is 8.17. The number of aryl methyl sites for hydroxylation is 1. The van der Waals surface area contributed by atoms with Crippen molar-refractivity contribution < 1.29 is 4.79 Å². The Hall–Kier alpha value is -3.18.